The zero-order valence-electron chi connectivity index (χ0n) is 18.0. The van der Waals surface area contributed by atoms with Crippen molar-refractivity contribution in [1.82, 2.24) is 9.62 Å². The first-order valence-electron chi connectivity index (χ1n) is 10.0. The zero-order valence-corrected chi connectivity index (χ0v) is 18.8. The van der Waals surface area contributed by atoms with Gasteiger partial charge in [-0.3, -0.25) is 4.79 Å². The number of carbonyl (C=O) groups excluding carboxylic acids is 1. The minimum Gasteiger partial charge on any atom is -0.493 e. The summed E-state index contributed by atoms with van der Waals surface area (Å²) >= 11 is 0. The molecule has 9 heteroatoms. The van der Waals surface area contributed by atoms with Gasteiger partial charge in [0.1, 0.15) is 0 Å². The van der Waals surface area contributed by atoms with E-state index in [2.05, 4.69) is 5.32 Å². The van der Waals surface area contributed by atoms with Crippen molar-refractivity contribution in [1.29, 1.82) is 0 Å². The maximum Gasteiger partial charge on any atom is 0.251 e. The topological polar surface area (TPSA) is 94.2 Å². The molecule has 0 unspecified atom stereocenters. The Balaban J connectivity index is 1.68. The van der Waals surface area contributed by atoms with E-state index in [9.17, 15) is 13.2 Å². The van der Waals surface area contributed by atoms with Crippen LogP contribution in [0, 0.1) is 6.92 Å². The van der Waals surface area contributed by atoms with Crippen LogP contribution in [-0.2, 0) is 21.2 Å². The maximum absolute atomic E-state index is 13.0. The van der Waals surface area contributed by atoms with Crippen molar-refractivity contribution in [2.45, 2.75) is 18.2 Å². The average molecular weight is 449 g/mol. The number of hydrogen-bond acceptors (Lipinski definition) is 6. The number of sulfonamides is 1. The van der Waals surface area contributed by atoms with Crippen LogP contribution in [0.25, 0.3) is 0 Å². The van der Waals surface area contributed by atoms with Gasteiger partial charge in [-0.1, -0.05) is 12.1 Å². The summed E-state index contributed by atoms with van der Waals surface area (Å²) in [7, 11) is -0.530. The van der Waals surface area contributed by atoms with E-state index in [0.717, 1.165) is 5.56 Å². The highest BCUT2D eigenvalue weighted by Gasteiger charge is 2.28. The minimum absolute atomic E-state index is 0.155. The summed E-state index contributed by atoms with van der Waals surface area (Å²) in [4.78, 5) is 12.8. The number of benzene rings is 2. The summed E-state index contributed by atoms with van der Waals surface area (Å²) < 4.78 is 43.2. The van der Waals surface area contributed by atoms with E-state index in [1.165, 1.54) is 10.4 Å². The molecule has 0 radical (unpaired) electrons. The fourth-order valence-electron chi connectivity index (χ4n) is 3.40. The number of morpholine rings is 1. The third kappa shape index (κ3) is 5.36. The fraction of sp³-hybridized carbons (Fsp3) is 0.409. The largest absolute Gasteiger partial charge is 0.493 e. The molecule has 0 aliphatic carbocycles. The predicted octanol–water partition coefficient (Wildman–Crippen LogP) is 2.01. The van der Waals surface area contributed by atoms with Crippen molar-refractivity contribution in [2.24, 2.45) is 0 Å². The molecule has 0 bridgehead atoms. The Morgan fingerprint density at radius 2 is 1.77 bits per heavy atom. The number of amides is 1. The highest BCUT2D eigenvalue weighted by atomic mass is 32.2. The fourth-order valence-corrected chi connectivity index (χ4v) is 5.06. The van der Waals surface area contributed by atoms with Crippen molar-refractivity contribution >= 4 is 15.9 Å². The van der Waals surface area contributed by atoms with E-state index in [4.69, 9.17) is 14.2 Å². The van der Waals surface area contributed by atoms with Gasteiger partial charge in [0.15, 0.2) is 11.5 Å². The predicted molar refractivity (Wildman–Crippen MR) is 116 cm³/mol. The Morgan fingerprint density at radius 3 is 2.45 bits per heavy atom. The highest BCUT2D eigenvalue weighted by Crippen LogP contribution is 2.27. The third-order valence-electron chi connectivity index (χ3n) is 5.19. The van der Waals surface area contributed by atoms with Gasteiger partial charge in [-0.05, 0) is 48.7 Å². The van der Waals surface area contributed by atoms with Crippen LogP contribution in [0.5, 0.6) is 11.5 Å². The van der Waals surface area contributed by atoms with Gasteiger partial charge in [-0.2, -0.15) is 4.31 Å². The molecule has 1 N–H and O–H groups in total. The van der Waals surface area contributed by atoms with Crippen molar-refractivity contribution in [3.63, 3.8) is 0 Å². The number of methoxy groups -OCH3 is 2. The monoisotopic (exact) mass is 448 g/mol. The first-order valence-corrected chi connectivity index (χ1v) is 11.5. The summed E-state index contributed by atoms with van der Waals surface area (Å²) in [5.41, 5.74) is 1.90. The van der Waals surface area contributed by atoms with E-state index in [-0.39, 0.29) is 10.8 Å². The Hall–Kier alpha value is -2.62. The van der Waals surface area contributed by atoms with Crippen LogP contribution >= 0.6 is 0 Å². The first-order chi connectivity index (χ1) is 14.9. The first kappa shape index (κ1) is 23.1. The molecule has 0 spiro atoms. The molecule has 8 nitrogen and oxygen atoms in total. The number of aryl methyl sites for hydroxylation is 1. The lowest BCUT2D eigenvalue weighted by atomic mass is 10.1. The molecular weight excluding hydrogens is 420 g/mol. The van der Waals surface area contributed by atoms with E-state index >= 15 is 0 Å². The second-order valence-corrected chi connectivity index (χ2v) is 9.10. The van der Waals surface area contributed by atoms with Gasteiger partial charge in [0.25, 0.3) is 5.91 Å². The molecule has 0 aromatic heterocycles. The molecule has 1 aliphatic rings. The Kier molecular flexibility index (Phi) is 7.53. The number of nitrogens with one attached hydrogen (secondary N) is 1. The van der Waals surface area contributed by atoms with E-state index in [1.54, 1.807) is 33.3 Å². The normalized spacial score (nSPS) is 14.8. The molecule has 1 aliphatic heterocycles. The second kappa shape index (κ2) is 10.1. The Bertz CT molecular complexity index is 1030. The van der Waals surface area contributed by atoms with Crippen LogP contribution in [0.4, 0.5) is 0 Å². The van der Waals surface area contributed by atoms with Gasteiger partial charge in [0.05, 0.1) is 32.3 Å². The maximum atomic E-state index is 13.0. The van der Waals surface area contributed by atoms with E-state index < -0.39 is 10.0 Å². The standard InChI is InChI=1S/C22H28N2O6S/c1-16-4-6-18(15-21(16)31(26,27)24-10-12-30-13-11-24)22(25)23-9-8-17-5-7-19(28-2)20(14-17)29-3/h4-7,14-15H,8-13H2,1-3H3,(H,23,25). The molecule has 1 heterocycles. The van der Waals surface area contributed by atoms with E-state index in [1.807, 2.05) is 18.2 Å². The Morgan fingerprint density at radius 1 is 1.06 bits per heavy atom. The van der Waals surface area contributed by atoms with Crippen molar-refractivity contribution in [3.8, 4) is 11.5 Å². The van der Waals surface area contributed by atoms with Gasteiger partial charge in [-0.25, -0.2) is 8.42 Å². The summed E-state index contributed by atoms with van der Waals surface area (Å²) in [5.74, 6) is 0.950. The average Bonchev–Trinajstić information content (AvgIpc) is 2.79. The summed E-state index contributed by atoms with van der Waals surface area (Å²) in [5, 5.41) is 2.85. The summed E-state index contributed by atoms with van der Waals surface area (Å²) in [6.45, 7) is 3.48. The van der Waals surface area contributed by atoms with Gasteiger partial charge in [0.2, 0.25) is 10.0 Å². The molecular formula is C22H28N2O6S. The molecule has 3 rings (SSSR count). The number of carbonyl (C=O) groups is 1. The van der Waals surface area contributed by atoms with Gasteiger partial charge >= 0.3 is 0 Å². The lowest BCUT2D eigenvalue weighted by Crippen LogP contribution is -2.41. The van der Waals surface area contributed by atoms with Crippen molar-refractivity contribution in [2.75, 3.05) is 47.1 Å². The van der Waals surface area contributed by atoms with Gasteiger partial charge in [0, 0.05) is 25.2 Å². The molecule has 1 amide bonds. The lowest BCUT2D eigenvalue weighted by Gasteiger charge is -2.26. The summed E-state index contributed by atoms with van der Waals surface area (Å²) in [6, 6.07) is 10.3. The Labute approximate surface area is 183 Å². The number of rotatable bonds is 8. The van der Waals surface area contributed by atoms with Crippen LogP contribution < -0.4 is 14.8 Å². The minimum atomic E-state index is -3.68. The molecule has 1 saturated heterocycles. The molecule has 31 heavy (non-hydrogen) atoms. The van der Waals surface area contributed by atoms with Crippen LogP contribution in [-0.4, -0.2) is 65.7 Å². The molecule has 168 valence electrons. The van der Waals surface area contributed by atoms with Crippen LogP contribution in [0.1, 0.15) is 21.5 Å². The third-order valence-corrected chi connectivity index (χ3v) is 7.23. The van der Waals surface area contributed by atoms with Gasteiger partial charge in [-0.15, -0.1) is 0 Å². The second-order valence-electron chi connectivity index (χ2n) is 7.19. The highest BCUT2D eigenvalue weighted by molar-refractivity contribution is 7.89. The van der Waals surface area contributed by atoms with Crippen LogP contribution in [0.15, 0.2) is 41.3 Å². The summed E-state index contributed by atoms with van der Waals surface area (Å²) in [6.07, 6.45) is 0.594. The SMILES string of the molecule is COc1ccc(CCNC(=O)c2ccc(C)c(S(=O)(=O)N3CCOCC3)c2)cc1OC. The van der Waals surface area contributed by atoms with E-state index in [0.29, 0.717) is 61.9 Å². The molecule has 1 fully saturated rings. The number of nitrogens with zero attached hydrogens (tertiary/aromatic N) is 1. The quantitative estimate of drug-likeness (QED) is 0.664. The molecule has 2 aromatic rings. The van der Waals surface area contributed by atoms with Crippen LogP contribution in [0.2, 0.25) is 0 Å². The lowest BCUT2D eigenvalue weighted by molar-refractivity contribution is 0.0730. The zero-order chi connectivity index (χ0) is 22.4. The molecule has 0 saturated carbocycles. The van der Waals surface area contributed by atoms with Crippen LogP contribution in [0.3, 0.4) is 0 Å². The van der Waals surface area contributed by atoms with Crippen molar-refractivity contribution < 1.29 is 27.4 Å². The molecule has 0 atom stereocenters. The van der Waals surface area contributed by atoms with Gasteiger partial charge < -0.3 is 19.5 Å². The van der Waals surface area contributed by atoms with Crippen molar-refractivity contribution in [3.05, 3.63) is 53.1 Å². The number of hydrogen-bond donors (Lipinski definition) is 1. The molecule has 2 aromatic carbocycles. The number of ether oxygens (including phenoxy) is 3. The smallest absolute Gasteiger partial charge is 0.251 e.